The lowest BCUT2D eigenvalue weighted by atomic mass is 9.90. The molecule has 2 aliphatic rings. The van der Waals surface area contributed by atoms with Crippen LogP contribution in [0.15, 0.2) is 29.4 Å². The number of halogens is 4. The van der Waals surface area contributed by atoms with Gasteiger partial charge in [0, 0.05) is 18.9 Å². The monoisotopic (exact) mass is 390 g/mol. The fourth-order valence-electron chi connectivity index (χ4n) is 3.21. The number of hydrogen-bond donors (Lipinski definition) is 0. The van der Waals surface area contributed by atoms with E-state index >= 15 is 0 Å². The molecule has 23 heavy (non-hydrogen) atoms. The molecule has 0 unspecified atom stereocenters. The number of piperidine rings is 1. The molecule has 2 heterocycles. The second-order valence-electron chi connectivity index (χ2n) is 6.13. The lowest BCUT2D eigenvalue weighted by Gasteiger charge is -2.33. The third kappa shape index (κ3) is 4.26. The van der Waals surface area contributed by atoms with E-state index in [1.165, 1.54) is 12.1 Å². The minimum atomic E-state index is -4.28. The summed E-state index contributed by atoms with van der Waals surface area (Å²) in [5.74, 6) is 0.464. The van der Waals surface area contributed by atoms with Gasteiger partial charge in [-0.3, -0.25) is 4.90 Å². The zero-order valence-electron chi connectivity index (χ0n) is 12.5. The molecule has 1 atom stereocenters. The van der Waals surface area contributed by atoms with E-state index < -0.39 is 11.7 Å². The van der Waals surface area contributed by atoms with Gasteiger partial charge >= 0.3 is 6.18 Å². The van der Waals surface area contributed by atoms with E-state index in [1.54, 1.807) is 6.07 Å². The first-order chi connectivity index (χ1) is 10.9. The SMILES string of the molecule is FC(F)(F)c1cccc(CN2CCC([C@@H]3CC(Br)=NO3)CC2)c1. The third-order valence-corrected chi connectivity index (χ3v) is 4.94. The molecular weight excluding hydrogens is 373 g/mol. The van der Waals surface area contributed by atoms with Crippen LogP contribution in [-0.2, 0) is 17.6 Å². The van der Waals surface area contributed by atoms with E-state index in [0.29, 0.717) is 18.0 Å². The van der Waals surface area contributed by atoms with E-state index in [-0.39, 0.29) is 6.10 Å². The maximum absolute atomic E-state index is 12.8. The number of likely N-dealkylation sites (tertiary alicyclic amines) is 1. The number of oxime groups is 1. The van der Waals surface area contributed by atoms with Gasteiger partial charge in [0.2, 0.25) is 0 Å². The average molecular weight is 391 g/mol. The Morgan fingerprint density at radius 3 is 2.61 bits per heavy atom. The molecule has 0 amide bonds. The molecule has 1 aromatic carbocycles. The predicted octanol–water partition coefficient (Wildman–Crippen LogP) is 4.41. The van der Waals surface area contributed by atoms with Crippen molar-refractivity contribution in [1.29, 1.82) is 0 Å². The average Bonchev–Trinajstić information content (AvgIpc) is 2.94. The number of alkyl halides is 3. The zero-order valence-corrected chi connectivity index (χ0v) is 14.1. The first-order valence-corrected chi connectivity index (χ1v) is 8.48. The number of rotatable bonds is 3. The first-order valence-electron chi connectivity index (χ1n) is 7.68. The summed E-state index contributed by atoms with van der Waals surface area (Å²) >= 11 is 3.35. The van der Waals surface area contributed by atoms with Crippen molar-refractivity contribution in [3.63, 3.8) is 0 Å². The molecule has 3 rings (SSSR count). The van der Waals surface area contributed by atoms with Crippen LogP contribution in [0.1, 0.15) is 30.4 Å². The highest BCUT2D eigenvalue weighted by Gasteiger charge is 2.32. The van der Waals surface area contributed by atoms with Gasteiger partial charge in [-0.05, 0) is 53.5 Å². The van der Waals surface area contributed by atoms with Crippen LogP contribution in [0.25, 0.3) is 0 Å². The molecule has 2 aliphatic heterocycles. The number of hydrogen-bond acceptors (Lipinski definition) is 3. The number of nitrogens with zero attached hydrogens (tertiary/aromatic N) is 2. The maximum atomic E-state index is 12.8. The molecule has 126 valence electrons. The summed E-state index contributed by atoms with van der Waals surface area (Å²) in [6.07, 6.45) is -1.35. The van der Waals surface area contributed by atoms with Crippen molar-refractivity contribution in [2.24, 2.45) is 11.1 Å². The molecule has 0 bridgehead atoms. The van der Waals surface area contributed by atoms with Gasteiger partial charge < -0.3 is 4.84 Å². The van der Waals surface area contributed by atoms with Crippen LogP contribution in [0.2, 0.25) is 0 Å². The van der Waals surface area contributed by atoms with E-state index in [4.69, 9.17) is 4.84 Å². The highest BCUT2D eigenvalue weighted by Crippen LogP contribution is 2.31. The lowest BCUT2D eigenvalue weighted by molar-refractivity contribution is -0.137. The summed E-state index contributed by atoms with van der Waals surface area (Å²) in [5, 5.41) is 3.93. The van der Waals surface area contributed by atoms with Gasteiger partial charge in [-0.15, -0.1) is 0 Å². The minimum absolute atomic E-state index is 0.139. The van der Waals surface area contributed by atoms with Crippen molar-refractivity contribution in [3.05, 3.63) is 35.4 Å². The predicted molar refractivity (Wildman–Crippen MR) is 85.3 cm³/mol. The molecule has 0 spiro atoms. The summed E-state index contributed by atoms with van der Waals surface area (Å²) in [5.41, 5.74) is 0.132. The summed E-state index contributed by atoms with van der Waals surface area (Å²) in [6.45, 7) is 2.30. The normalized spacial score (nSPS) is 23.7. The molecule has 1 saturated heterocycles. The van der Waals surface area contributed by atoms with Crippen molar-refractivity contribution >= 4 is 20.6 Å². The Hall–Kier alpha value is -1.08. The van der Waals surface area contributed by atoms with Crippen molar-refractivity contribution in [1.82, 2.24) is 4.90 Å². The van der Waals surface area contributed by atoms with Crippen LogP contribution in [0.3, 0.4) is 0 Å². The largest absolute Gasteiger partial charge is 0.416 e. The van der Waals surface area contributed by atoms with E-state index in [0.717, 1.165) is 43.0 Å². The van der Waals surface area contributed by atoms with Gasteiger partial charge in [0.05, 0.1) is 5.56 Å². The second-order valence-corrected chi connectivity index (χ2v) is 7.04. The molecule has 3 nitrogen and oxygen atoms in total. The van der Waals surface area contributed by atoms with Crippen LogP contribution in [-0.4, -0.2) is 28.7 Å². The Morgan fingerprint density at radius 1 is 1.26 bits per heavy atom. The van der Waals surface area contributed by atoms with Crippen LogP contribution in [0.5, 0.6) is 0 Å². The van der Waals surface area contributed by atoms with E-state index in [1.807, 2.05) is 0 Å². The van der Waals surface area contributed by atoms with Crippen LogP contribution in [0, 0.1) is 5.92 Å². The highest BCUT2D eigenvalue weighted by atomic mass is 79.9. The van der Waals surface area contributed by atoms with Gasteiger partial charge in [0.15, 0.2) is 0 Å². The van der Waals surface area contributed by atoms with Crippen LogP contribution >= 0.6 is 15.9 Å². The smallest absolute Gasteiger partial charge is 0.391 e. The summed E-state index contributed by atoms with van der Waals surface area (Å²) in [4.78, 5) is 7.61. The molecule has 0 radical (unpaired) electrons. The van der Waals surface area contributed by atoms with Crippen molar-refractivity contribution in [2.45, 2.75) is 38.1 Å². The molecule has 0 N–H and O–H groups in total. The summed E-state index contributed by atoms with van der Waals surface area (Å²) < 4.78 is 39.1. The lowest BCUT2D eigenvalue weighted by Crippen LogP contribution is -2.37. The Bertz CT molecular complexity index is 583. The maximum Gasteiger partial charge on any atom is 0.416 e. The third-order valence-electron chi connectivity index (χ3n) is 4.48. The number of benzene rings is 1. The Morgan fingerprint density at radius 2 is 2.00 bits per heavy atom. The molecule has 0 aliphatic carbocycles. The van der Waals surface area contributed by atoms with Crippen molar-refractivity contribution in [2.75, 3.05) is 13.1 Å². The van der Waals surface area contributed by atoms with Gasteiger partial charge in [0.25, 0.3) is 0 Å². The standard InChI is InChI=1S/C16H18BrF3N2O/c17-15-9-14(23-21-15)12-4-6-22(7-5-12)10-11-2-1-3-13(8-11)16(18,19)20/h1-3,8,12,14H,4-7,9-10H2/t14-/m0/s1. The van der Waals surface area contributed by atoms with Gasteiger partial charge in [-0.25, -0.2) is 0 Å². The molecule has 1 aromatic rings. The zero-order chi connectivity index (χ0) is 16.4. The first kappa shape index (κ1) is 16.8. The van der Waals surface area contributed by atoms with Gasteiger partial charge in [-0.1, -0.05) is 23.4 Å². The van der Waals surface area contributed by atoms with E-state index in [2.05, 4.69) is 26.0 Å². The summed E-state index contributed by atoms with van der Waals surface area (Å²) in [7, 11) is 0. The molecular formula is C16H18BrF3N2O. The van der Waals surface area contributed by atoms with Gasteiger partial charge in [0.1, 0.15) is 10.7 Å². The van der Waals surface area contributed by atoms with Crippen molar-refractivity contribution < 1.29 is 18.0 Å². The fraction of sp³-hybridized carbons (Fsp3) is 0.562. The Balaban J connectivity index is 1.53. The molecule has 1 fully saturated rings. The Labute approximate surface area is 141 Å². The fourth-order valence-corrected chi connectivity index (χ4v) is 3.61. The topological polar surface area (TPSA) is 24.8 Å². The van der Waals surface area contributed by atoms with Crippen LogP contribution in [0.4, 0.5) is 13.2 Å². The molecule has 0 saturated carbocycles. The Kier molecular flexibility index (Phi) is 4.96. The highest BCUT2D eigenvalue weighted by molar-refractivity contribution is 9.18. The van der Waals surface area contributed by atoms with Crippen LogP contribution < -0.4 is 0 Å². The minimum Gasteiger partial charge on any atom is -0.391 e. The quantitative estimate of drug-likeness (QED) is 0.763. The van der Waals surface area contributed by atoms with E-state index in [9.17, 15) is 13.2 Å². The van der Waals surface area contributed by atoms with Gasteiger partial charge in [-0.2, -0.15) is 13.2 Å². The van der Waals surface area contributed by atoms with Crippen molar-refractivity contribution in [3.8, 4) is 0 Å². The second kappa shape index (κ2) is 6.81. The molecule has 0 aromatic heterocycles. The summed E-state index contributed by atoms with van der Waals surface area (Å²) in [6, 6.07) is 5.60. The molecule has 7 heteroatoms.